The molecule has 2 aromatic carbocycles. The van der Waals surface area contributed by atoms with Gasteiger partial charge in [-0.2, -0.15) is 0 Å². The monoisotopic (exact) mass is 324 g/mol. The highest BCUT2D eigenvalue weighted by Crippen LogP contribution is 2.26. The highest BCUT2D eigenvalue weighted by Gasteiger charge is 2.31. The number of amides is 1. The number of hydrogen-bond acceptors (Lipinski definition) is 3. The molecule has 1 heterocycles. The molecule has 2 aromatic rings. The molecule has 2 unspecified atom stereocenters. The van der Waals surface area contributed by atoms with Gasteiger partial charge in [0, 0.05) is 13.6 Å². The molecule has 0 spiro atoms. The quantitative estimate of drug-likeness (QED) is 0.919. The summed E-state index contributed by atoms with van der Waals surface area (Å²) in [7, 11) is 3.52. The Kier molecular flexibility index (Phi) is 4.86. The Labute approximate surface area is 143 Å². The molecule has 1 aliphatic rings. The van der Waals surface area contributed by atoms with Crippen molar-refractivity contribution in [2.24, 2.45) is 0 Å². The summed E-state index contributed by atoms with van der Waals surface area (Å²) in [6.45, 7) is 2.88. The van der Waals surface area contributed by atoms with E-state index in [1.165, 1.54) is 5.56 Å². The smallest absolute Gasteiger partial charge is 0.239 e. The molecular formula is C20H24N2O2. The molecule has 126 valence electrons. The largest absolute Gasteiger partial charge is 0.497 e. The van der Waals surface area contributed by atoms with E-state index in [0.717, 1.165) is 29.8 Å². The van der Waals surface area contributed by atoms with Crippen LogP contribution < -0.4 is 10.1 Å². The predicted molar refractivity (Wildman–Crippen MR) is 95.2 cm³/mol. The minimum absolute atomic E-state index is 0.0167. The van der Waals surface area contributed by atoms with Crippen LogP contribution in [-0.2, 0) is 4.79 Å². The van der Waals surface area contributed by atoms with Crippen LogP contribution in [0.1, 0.15) is 29.2 Å². The fourth-order valence-electron chi connectivity index (χ4n) is 3.12. The fraction of sp³-hybridized carbons (Fsp3) is 0.350. The predicted octanol–water partition coefficient (Wildman–Crippen LogP) is 2.91. The number of likely N-dealkylation sites (N-methyl/N-ethyl adjacent to an activating group) is 1. The van der Waals surface area contributed by atoms with E-state index in [0.29, 0.717) is 0 Å². The Morgan fingerprint density at radius 1 is 1.08 bits per heavy atom. The van der Waals surface area contributed by atoms with E-state index in [2.05, 4.69) is 48.6 Å². The Morgan fingerprint density at radius 3 is 2.17 bits per heavy atom. The molecule has 1 fully saturated rings. The number of carbonyl (C=O) groups excluding carboxylic acids is 1. The molecular weight excluding hydrogens is 300 g/mol. The van der Waals surface area contributed by atoms with E-state index in [1.807, 2.05) is 19.2 Å². The number of likely N-dealkylation sites (tertiary alicyclic amines) is 1. The lowest BCUT2D eigenvalue weighted by Gasteiger charge is -2.23. The molecule has 24 heavy (non-hydrogen) atoms. The van der Waals surface area contributed by atoms with E-state index in [9.17, 15) is 4.79 Å². The van der Waals surface area contributed by atoms with Gasteiger partial charge in [0.05, 0.1) is 19.2 Å². The van der Waals surface area contributed by atoms with Crippen molar-refractivity contribution in [3.63, 3.8) is 0 Å². The van der Waals surface area contributed by atoms with Gasteiger partial charge >= 0.3 is 0 Å². The third kappa shape index (κ3) is 3.44. The molecule has 1 saturated heterocycles. The number of hydrogen-bond donors (Lipinski definition) is 1. The Morgan fingerprint density at radius 2 is 1.67 bits per heavy atom. The highest BCUT2D eigenvalue weighted by molar-refractivity contribution is 5.83. The molecule has 0 bridgehead atoms. The normalized spacial score (nSPS) is 18.7. The summed E-state index contributed by atoms with van der Waals surface area (Å²) < 4.78 is 5.25. The molecule has 3 rings (SSSR count). The molecule has 1 N–H and O–H groups in total. The van der Waals surface area contributed by atoms with Crippen molar-refractivity contribution in [1.82, 2.24) is 10.2 Å². The molecule has 4 heteroatoms. The molecule has 0 aliphatic carbocycles. The van der Waals surface area contributed by atoms with Crippen molar-refractivity contribution < 1.29 is 9.53 Å². The number of ether oxygens (including phenoxy) is 1. The van der Waals surface area contributed by atoms with Crippen molar-refractivity contribution >= 4 is 5.91 Å². The highest BCUT2D eigenvalue weighted by atomic mass is 16.5. The third-order valence-electron chi connectivity index (χ3n) is 4.66. The van der Waals surface area contributed by atoms with Crippen LogP contribution in [0, 0.1) is 6.92 Å². The number of rotatable bonds is 5. The van der Waals surface area contributed by atoms with Crippen molar-refractivity contribution in [2.45, 2.75) is 25.4 Å². The summed E-state index contributed by atoms with van der Waals surface area (Å²) >= 11 is 0. The number of nitrogens with one attached hydrogen (secondary N) is 1. The summed E-state index contributed by atoms with van der Waals surface area (Å²) in [5, 5.41) is 3.55. The van der Waals surface area contributed by atoms with Gasteiger partial charge in [-0.3, -0.25) is 10.1 Å². The fourth-order valence-corrected chi connectivity index (χ4v) is 3.12. The van der Waals surface area contributed by atoms with E-state index >= 15 is 0 Å². The molecule has 2 atom stereocenters. The lowest BCUT2D eigenvalue weighted by Crippen LogP contribution is -2.39. The first-order valence-electron chi connectivity index (χ1n) is 8.30. The van der Waals surface area contributed by atoms with Crippen LogP contribution in [-0.4, -0.2) is 37.6 Å². The molecule has 1 aliphatic heterocycles. The van der Waals surface area contributed by atoms with Crippen molar-refractivity contribution in [2.75, 3.05) is 20.7 Å². The molecule has 1 amide bonds. The van der Waals surface area contributed by atoms with Crippen LogP contribution in [0.2, 0.25) is 0 Å². The molecule has 0 aromatic heterocycles. The van der Waals surface area contributed by atoms with Crippen LogP contribution >= 0.6 is 0 Å². The summed E-state index contributed by atoms with van der Waals surface area (Å²) in [6.07, 6.45) is 0.841. The van der Waals surface area contributed by atoms with Crippen molar-refractivity contribution in [1.29, 1.82) is 0 Å². The van der Waals surface area contributed by atoms with Gasteiger partial charge in [0.2, 0.25) is 5.91 Å². The van der Waals surface area contributed by atoms with Crippen LogP contribution in [0.5, 0.6) is 5.75 Å². The zero-order chi connectivity index (χ0) is 17.1. The Bertz CT molecular complexity index is 695. The van der Waals surface area contributed by atoms with E-state index in [4.69, 9.17) is 4.74 Å². The van der Waals surface area contributed by atoms with Gasteiger partial charge in [0.25, 0.3) is 0 Å². The second kappa shape index (κ2) is 7.05. The summed E-state index contributed by atoms with van der Waals surface area (Å²) in [5.74, 6) is 0.999. The third-order valence-corrected chi connectivity index (χ3v) is 4.66. The van der Waals surface area contributed by atoms with Crippen LogP contribution in [0.4, 0.5) is 0 Å². The van der Waals surface area contributed by atoms with Crippen LogP contribution in [0.25, 0.3) is 0 Å². The van der Waals surface area contributed by atoms with E-state index < -0.39 is 0 Å². The average Bonchev–Trinajstić information content (AvgIpc) is 2.93. The van der Waals surface area contributed by atoms with Gasteiger partial charge in [0.1, 0.15) is 5.75 Å². The number of nitrogens with zero attached hydrogens (tertiary/aromatic N) is 1. The Hall–Kier alpha value is -2.33. The number of benzene rings is 2. The van der Waals surface area contributed by atoms with Gasteiger partial charge in [-0.05, 0) is 36.6 Å². The van der Waals surface area contributed by atoms with Gasteiger partial charge in [-0.15, -0.1) is 0 Å². The number of methoxy groups -OCH3 is 1. The Balaban J connectivity index is 1.90. The SMILES string of the molecule is COc1ccc(C(NC2CCN(C)C2=O)c2ccc(C)cc2)cc1. The second-order valence-electron chi connectivity index (χ2n) is 6.38. The van der Waals surface area contributed by atoms with Crippen LogP contribution in [0.15, 0.2) is 48.5 Å². The maximum absolute atomic E-state index is 12.3. The lowest BCUT2D eigenvalue weighted by atomic mass is 9.96. The van der Waals surface area contributed by atoms with Crippen LogP contribution in [0.3, 0.4) is 0 Å². The summed E-state index contributed by atoms with van der Waals surface area (Å²) in [6, 6.07) is 16.3. The average molecular weight is 324 g/mol. The molecule has 0 saturated carbocycles. The second-order valence-corrected chi connectivity index (χ2v) is 6.38. The first-order chi connectivity index (χ1) is 11.6. The van der Waals surface area contributed by atoms with Gasteiger partial charge in [-0.1, -0.05) is 42.0 Å². The maximum Gasteiger partial charge on any atom is 0.239 e. The first-order valence-corrected chi connectivity index (χ1v) is 8.30. The van der Waals surface area contributed by atoms with Crippen molar-refractivity contribution in [3.8, 4) is 5.75 Å². The van der Waals surface area contributed by atoms with Gasteiger partial charge in [-0.25, -0.2) is 0 Å². The first kappa shape index (κ1) is 16.5. The topological polar surface area (TPSA) is 41.6 Å². The minimum Gasteiger partial charge on any atom is -0.497 e. The maximum atomic E-state index is 12.3. The van der Waals surface area contributed by atoms with E-state index in [-0.39, 0.29) is 18.0 Å². The van der Waals surface area contributed by atoms with E-state index in [1.54, 1.807) is 12.0 Å². The van der Waals surface area contributed by atoms with Crippen molar-refractivity contribution in [3.05, 3.63) is 65.2 Å². The number of aryl methyl sites for hydroxylation is 1. The molecule has 0 radical (unpaired) electrons. The zero-order valence-corrected chi connectivity index (χ0v) is 14.5. The van der Waals surface area contributed by atoms with Gasteiger partial charge in [0.15, 0.2) is 0 Å². The minimum atomic E-state index is -0.136. The standard InChI is InChI=1S/C20H24N2O2/c1-14-4-6-15(7-5-14)19(16-8-10-17(24-3)11-9-16)21-18-12-13-22(2)20(18)23/h4-11,18-19,21H,12-13H2,1-3H3. The summed E-state index contributed by atoms with van der Waals surface area (Å²) in [5.41, 5.74) is 3.51. The lowest BCUT2D eigenvalue weighted by molar-refractivity contribution is -0.128. The zero-order valence-electron chi connectivity index (χ0n) is 14.5. The number of carbonyl (C=O) groups is 1. The molecule has 4 nitrogen and oxygen atoms in total. The van der Waals surface area contributed by atoms with Gasteiger partial charge < -0.3 is 9.64 Å². The summed E-state index contributed by atoms with van der Waals surface area (Å²) in [4.78, 5) is 14.1.